The summed E-state index contributed by atoms with van der Waals surface area (Å²) < 4.78 is 15.4. The van der Waals surface area contributed by atoms with Gasteiger partial charge in [-0.1, -0.05) is 31.9 Å². The van der Waals surface area contributed by atoms with E-state index in [1.165, 1.54) is 12.1 Å². The third-order valence-corrected chi connectivity index (χ3v) is 5.63. The van der Waals surface area contributed by atoms with Crippen molar-refractivity contribution in [1.82, 2.24) is 10.2 Å². The second-order valence-corrected chi connectivity index (χ2v) is 8.65. The maximum absolute atomic E-state index is 13.5. The predicted molar refractivity (Wildman–Crippen MR) is 121 cm³/mol. The molecule has 0 spiro atoms. The second-order valence-electron chi connectivity index (χ2n) is 6.82. The third-order valence-electron chi connectivity index (χ3n) is 4.72. The summed E-state index contributed by atoms with van der Waals surface area (Å²) >= 11 is 6.98. The van der Waals surface area contributed by atoms with Crippen molar-refractivity contribution >= 4 is 55.9 Å². The summed E-state index contributed by atoms with van der Waals surface area (Å²) in [5.41, 5.74) is 2.79. The van der Waals surface area contributed by atoms with Gasteiger partial charge in [-0.2, -0.15) is 0 Å². The van der Waals surface area contributed by atoms with Gasteiger partial charge in [-0.3, -0.25) is 4.79 Å². The fraction of sp³-hybridized carbons (Fsp3) is 0.350. The Kier molecular flexibility index (Phi) is 8.30. The Labute approximate surface area is 188 Å². The zero-order valence-electron chi connectivity index (χ0n) is 15.7. The molecule has 0 saturated carbocycles. The molecule has 1 N–H and O–H groups in total. The lowest BCUT2D eigenvalue weighted by molar-refractivity contribution is -0.132. The number of hydrogen-bond donors (Lipinski definition) is 1. The SMILES string of the molecule is Cc1cc(F)ccc1N1CCNCC1C(=O)N(C)Cc1cc(Br)cc(Br)c1.Cl. The number of anilines is 1. The van der Waals surface area contributed by atoms with Crippen LogP contribution >= 0.6 is 44.3 Å². The van der Waals surface area contributed by atoms with Crippen LogP contribution < -0.4 is 10.2 Å². The van der Waals surface area contributed by atoms with Gasteiger partial charge in [-0.05, 0) is 54.4 Å². The lowest BCUT2D eigenvalue weighted by Gasteiger charge is -2.39. The molecular weight excluding hydrogens is 512 g/mol. The molecule has 1 heterocycles. The highest BCUT2D eigenvalue weighted by molar-refractivity contribution is 9.11. The number of amides is 1. The van der Waals surface area contributed by atoms with Crippen LogP contribution in [-0.2, 0) is 11.3 Å². The molecule has 1 atom stereocenters. The van der Waals surface area contributed by atoms with Crippen molar-refractivity contribution in [2.75, 3.05) is 31.6 Å². The minimum Gasteiger partial charge on any atom is -0.357 e. The van der Waals surface area contributed by atoms with Gasteiger partial charge in [0.2, 0.25) is 5.91 Å². The quantitative estimate of drug-likeness (QED) is 0.626. The Hall–Kier alpha value is -1.15. The van der Waals surface area contributed by atoms with Crippen LogP contribution in [0.15, 0.2) is 45.3 Å². The molecule has 1 saturated heterocycles. The number of carbonyl (C=O) groups is 1. The van der Waals surface area contributed by atoms with E-state index < -0.39 is 0 Å². The molecule has 152 valence electrons. The molecule has 0 aromatic heterocycles. The lowest BCUT2D eigenvalue weighted by Crippen LogP contribution is -2.58. The predicted octanol–water partition coefficient (Wildman–Crippen LogP) is 4.52. The first kappa shape index (κ1) is 23.1. The number of nitrogens with zero attached hydrogens (tertiary/aromatic N) is 2. The van der Waals surface area contributed by atoms with E-state index in [-0.39, 0.29) is 30.2 Å². The van der Waals surface area contributed by atoms with Crippen LogP contribution in [-0.4, -0.2) is 43.5 Å². The van der Waals surface area contributed by atoms with Crippen molar-refractivity contribution in [2.24, 2.45) is 0 Å². The van der Waals surface area contributed by atoms with E-state index >= 15 is 0 Å². The number of benzene rings is 2. The van der Waals surface area contributed by atoms with Gasteiger partial charge in [-0.25, -0.2) is 4.39 Å². The summed E-state index contributed by atoms with van der Waals surface area (Å²) in [7, 11) is 1.82. The van der Waals surface area contributed by atoms with E-state index in [2.05, 4.69) is 42.1 Å². The first-order valence-corrected chi connectivity index (χ1v) is 10.4. The molecule has 0 bridgehead atoms. The third kappa shape index (κ3) is 5.47. The average Bonchev–Trinajstić information content (AvgIpc) is 2.60. The Balaban J connectivity index is 0.00000280. The molecule has 0 radical (unpaired) electrons. The maximum Gasteiger partial charge on any atom is 0.246 e. The molecule has 8 heteroatoms. The van der Waals surface area contributed by atoms with Crippen LogP contribution in [0.25, 0.3) is 0 Å². The summed E-state index contributed by atoms with van der Waals surface area (Å²) in [6.07, 6.45) is 0. The van der Waals surface area contributed by atoms with E-state index in [9.17, 15) is 9.18 Å². The van der Waals surface area contributed by atoms with Gasteiger partial charge < -0.3 is 15.1 Å². The number of likely N-dealkylation sites (N-methyl/N-ethyl adjacent to an activating group) is 1. The zero-order chi connectivity index (χ0) is 19.6. The number of piperazine rings is 1. The fourth-order valence-corrected chi connectivity index (χ4v) is 4.85. The smallest absolute Gasteiger partial charge is 0.246 e. The van der Waals surface area contributed by atoms with Crippen LogP contribution in [0.5, 0.6) is 0 Å². The Morgan fingerprint density at radius 1 is 1.25 bits per heavy atom. The molecule has 2 aromatic rings. The summed E-state index contributed by atoms with van der Waals surface area (Å²) in [4.78, 5) is 17.0. The molecule has 4 nitrogen and oxygen atoms in total. The number of hydrogen-bond acceptors (Lipinski definition) is 3. The molecule has 2 aromatic carbocycles. The molecule has 1 fully saturated rings. The topological polar surface area (TPSA) is 35.6 Å². The molecule has 1 aliphatic heterocycles. The summed E-state index contributed by atoms with van der Waals surface area (Å²) in [5.74, 6) is -0.214. The van der Waals surface area contributed by atoms with Gasteiger partial charge in [0.25, 0.3) is 0 Å². The average molecular weight is 536 g/mol. The Bertz CT molecular complexity index is 832. The first-order valence-electron chi connectivity index (χ1n) is 8.78. The van der Waals surface area contributed by atoms with Gasteiger partial charge in [0, 0.05) is 47.9 Å². The van der Waals surface area contributed by atoms with E-state index in [1.54, 1.807) is 11.0 Å². The first-order chi connectivity index (χ1) is 12.8. The number of nitrogens with one attached hydrogen (secondary N) is 1. The van der Waals surface area contributed by atoms with Crippen LogP contribution in [0.1, 0.15) is 11.1 Å². The lowest BCUT2D eigenvalue weighted by atomic mass is 10.1. The second kappa shape index (κ2) is 10.1. The van der Waals surface area contributed by atoms with Crippen LogP contribution in [0.3, 0.4) is 0 Å². The van der Waals surface area contributed by atoms with Gasteiger partial charge >= 0.3 is 0 Å². The number of carbonyl (C=O) groups excluding carboxylic acids is 1. The summed E-state index contributed by atoms with van der Waals surface area (Å²) in [5, 5.41) is 3.31. The molecule has 3 rings (SSSR count). The van der Waals surface area contributed by atoms with Crippen molar-refractivity contribution in [3.63, 3.8) is 0 Å². The van der Waals surface area contributed by atoms with Crippen molar-refractivity contribution in [3.05, 3.63) is 62.3 Å². The van der Waals surface area contributed by atoms with Gasteiger partial charge in [0.1, 0.15) is 11.9 Å². The zero-order valence-corrected chi connectivity index (χ0v) is 19.7. The van der Waals surface area contributed by atoms with E-state index in [4.69, 9.17) is 0 Å². The van der Waals surface area contributed by atoms with Crippen LogP contribution in [0.4, 0.5) is 10.1 Å². The van der Waals surface area contributed by atoms with E-state index in [1.807, 2.05) is 32.2 Å². The van der Waals surface area contributed by atoms with Crippen LogP contribution in [0, 0.1) is 12.7 Å². The Morgan fingerprint density at radius 2 is 1.93 bits per heavy atom. The van der Waals surface area contributed by atoms with E-state index in [0.717, 1.165) is 32.3 Å². The van der Waals surface area contributed by atoms with Crippen molar-refractivity contribution in [3.8, 4) is 0 Å². The van der Waals surface area contributed by atoms with Gasteiger partial charge in [-0.15, -0.1) is 12.4 Å². The molecule has 1 aliphatic rings. The van der Waals surface area contributed by atoms with Crippen molar-refractivity contribution in [2.45, 2.75) is 19.5 Å². The Morgan fingerprint density at radius 3 is 2.57 bits per heavy atom. The number of halogens is 4. The minimum atomic E-state index is -0.316. The standard InChI is InChI=1S/C20H22Br2FN3O.ClH/c1-13-7-17(23)3-4-18(13)26-6-5-24-11-19(26)20(27)25(2)12-14-8-15(21)10-16(22)9-14;/h3-4,7-10,19,24H,5-6,11-12H2,1-2H3;1H. The highest BCUT2D eigenvalue weighted by Gasteiger charge is 2.31. The molecule has 1 amide bonds. The van der Waals surface area contributed by atoms with Gasteiger partial charge in [0.05, 0.1) is 0 Å². The molecule has 28 heavy (non-hydrogen) atoms. The summed E-state index contributed by atoms with van der Waals surface area (Å²) in [6.45, 7) is 4.47. The fourth-order valence-electron chi connectivity index (χ4n) is 3.46. The highest BCUT2D eigenvalue weighted by atomic mass is 79.9. The molecular formula is C20H23Br2ClFN3O. The minimum absolute atomic E-state index is 0. The number of rotatable bonds is 4. The highest BCUT2D eigenvalue weighted by Crippen LogP contribution is 2.25. The van der Waals surface area contributed by atoms with Crippen molar-refractivity contribution < 1.29 is 9.18 Å². The van der Waals surface area contributed by atoms with Gasteiger partial charge in [0.15, 0.2) is 0 Å². The maximum atomic E-state index is 13.5. The van der Waals surface area contributed by atoms with E-state index in [0.29, 0.717) is 19.6 Å². The normalized spacial score (nSPS) is 16.5. The monoisotopic (exact) mass is 533 g/mol. The summed E-state index contributed by atoms with van der Waals surface area (Å²) in [6, 6.07) is 10.4. The number of aryl methyl sites for hydroxylation is 1. The molecule has 0 aliphatic carbocycles. The largest absolute Gasteiger partial charge is 0.357 e. The van der Waals surface area contributed by atoms with Crippen LogP contribution in [0.2, 0.25) is 0 Å². The van der Waals surface area contributed by atoms with Crippen molar-refractivity contribution in [1.29, 1.82) is 0 Å². The molecule has 1 unspecified atom stereocenters.